The van der Waals surface area contributed by atoms with E-state index in [0.717, 1.165) is 66.8 Å². The number of pyridine rings is 1. The number of carbonyl (C=O) groups is 1. The Hall–Kier alpha value is -3.26. The summed E-state index contributed by atoms with van der Waals surface area (Å²) in [5, 5.41) is 11.0. The van der Waals surface area contributed by atoms with Crippen LogP contribution in [-0.4, -0.2) is 57.8 Å². The Labute approximate surface area is 193 Å². The first-order chi connectivity index (χ1) is 16.0. The number of carbonyl (C=O) groups excluding carboxylic acids is 1. The van der Waals surface area contributed by atoms with Crippen LogP contribution in [0.1, 0.15) is 41.6 Å². The number of aryl methyl sites for hydroxylation is 1. The van der Waals surface area contributed by atoms with E-state index in [0.29, 0.717) is 6.04 Å². The first-order valence-electron chi connectivity index (χ1n) is 11.5. The number of hydrogen-bond acceptors (Lipinski definition) is 5. The highest BCUT2D eigenvalue weighted by Crippen LogP contribution is 2.28. The number of anilines is 1. The number of halogens is 1. The third-order valence-corrected chi connectivity index (χ3v) is 6.44. The zero-order valence-corrected chi connectivity index (χ0v) is 19.0. The molecule has 2 fully saturated rings. The molecule has 0 spiro atoms. The van der Waals surface area contributed by atoms with E-state index in [1.54, 1.807) is 23.1 Å². The molecule has 3 heterocycles. The largest absolute Gasteiger partial charge is 0.381 e. The minimum absolute atomic E-state index is 0.0706. The molecule has 3 aromatic rings. The van der Waals surface area contributed by atoms with Gasteiger partial charge < -0.3 is 15.5 Å². The zero-order valence-electron chi connectivity index (χ0n) is 19.0. The molecular weight excluding hydrogens is 419 g/mol. The number of likely N-dealkylation sites (tertiary alicyclic amines) is 1. The normalized spacial score (nSPS) is 17.2. The lowest BCUT2D eigenvalue weighted by Crippen LogP contribution is -2.36. The average Bonchev–Trinajstić information content (AvgIpc) is 3.47. The van der Waals surface area contributed by atoms with Crippen molar-refractivity contribution in [3.63, 3.8) is 0 Å². The highest BCUT2D eigenvalue weighted by Gasteiger charge is 2.26. The summed E-state index contributed by atoms with van der Waals surface area (Å²) < 4.78 is 16.3. The number of piperidine rings is 1. The highest BCUT2D eigenvalue weighted by molar-refractivity contribution is 5.96. The first kappa shape index (κ1) is 21.6. The highest BCUT2D eigenvalue weighted by atomic mass is 19.1. The van der Waals surface area contributed by atoms with Gasteiger partial charge in [0.2, 0.25) is 0 Å². The first-order valence-corrected chi connectivity index (χ1v) is 11.5. The summed E-state index contributed by atoms with van der Waals surface area (Å²) in [4.78, 5) is 19.2. The molecule has 0 radical (unpaired) electrons. The van der Waals surface area contributed by atoms with E-state index < -0.39 is 5.82 Å². The molecule has 0 bridgehead atoms. The lowest BCUT2D eigenvalue weighted by molar-refractivity contribution is 0.0947. The smallest absolute Gasteiger partial charge is 0.254 e. The summed E-state index contributed by atoms with van der Waals surface area (Å²) in [6, 6.07) is 5.69. The van der Waals surface area contributed by atoms with Gasteiger partial charge in [0.15, 0.2) is 0 Å². The fourth-order valence-electron chi connectivity index (χ4n) is 4.27. The third-order valence-electron chi connectivity index (χ3n) is 6.44. The Kier molecular flexibility index (Phi) is 5.85. The Morgan fingerprint density at radius 2 is 1.85 bits per heavy atom. The quantitative estimate of drug-likeness (QED) is 0.600. The van der Waals surface area contributed by atoms with E-state index >= 15 is 0 Å². The minimum Gasteiger partial charge on any atom is -0.381 e. The van der Waals surface area contributed by atoms with Crippen molar-refractivity contribution in [2.75, 3.05) is 25.5 Å². The number of aromatic nitrogens is 3. The van der Waals surface area contributed by atoms with Gasteiger partial charge in [-0.05, 0) is 82.1 Å². The van der Waals surface area contributed by atoms with E-state index in [4.69, 9.17) is 0 Å². The molecule has 0 atom stereocenters. The predicted octanol–water partition coefficient (Wildman–Crippen LogP) is 3.78. The Morgan fingerprint density at radius 3 is 2.61 bits per heavy atom. The van der Waals surface area contributed by atoms with Crippen LogP contribution in [-0.2, 0) is 0 Å². The molecule has 2 N–H and O–H groups in total. The molecule has 1 amide bonds. The van der Waals surface area contributed by atoms with Crippen molar-refractivity contribution in [1.82, 2.24) is 25.0 Å². The molecule has 1 aliphatic heterocycles. The van der Waals surface area contributed by atoms with Gasteiger partial charge in [0.25, 0.3) is 5.91 Å². The summed E-state index contributed by atoms with van der Waals surface area (Å²) in [6.07, 6.45) is 11.3. The Morgan fingerprint density at radius 1 is 1.06 bits per heavy atom. The number of rotatable bonds is 6. The van der Waals surface area contributed by atoms with Crippen LogP contribution in [0.15, 0.2) is 43.0 Å². The van der Waals surface area contributed by atoms with Gasteiger partial charge in [-0.15, -0.1) is 0 Å². The molecule has 172 valence electrons. The summed E-state index contributed by atoms with van der Waals surface area (Å²) in [5.74, 6) is -0.862. The number of amides is 1. The summed E-state index contributed by atoms with van der Waals surface area (Å²) in [5.41, 5.74) is 4.24. The topological polar surface area (TPSA) is 75.1 Å². The van der Waals surface area contributed by atoms with E-state index in [9.17, 15) is 9.18 Å². The third kappa shape index (κ3) is 4.90. The maximum Gasteiger partial charge on any atom is 0.254 e. The van der Waals surface area contributed by atoms with Crippen LogP contribution in [0.2, 0.25) is 0 Å². The average molecular weight is 449 g/mol. The molecule has 33 heavy (non-hydrogen) atoms. The number of benzene rings is 1. The fraction of sp³-hybridized carbons (Fsp3) is 0.400. The molecule has 2 aliphatic rings. The van der Waals surface area contributed by atoms with E-state index in [2.05, 4.69) is 32.7 Å². The van der Waals surface area contributed by atoms with Gasteiger partial charge in [-0.2, -0.15) is 5.10 Å². The second-order valence-electron chi connectivity index (χ2n) is 9.22. The van der Waals surface area contributed by atoms with Crippen LogP contribution in [0.3, 0.4) is 0 Å². The van der Waals surface area contributed by atoms with Crippen LogP contribution in [0.25, 0.3) is 16.8 Å². The molecule has 5 rings (SSSR count). The summed E-state index contributed by atoms with van der Waals surface area (Å²) in [6.45, 7) is 4.02. The van der Waals surface area contributed by atoms with Crippen LogP contribution in [0, 0.1) is 12.7 Å². The van der Waals surface area contributed by atoms with Crippen molar-refractivity contribution < 1.29 is 9.18 Å². The van der Waals surface area contributed by atoms with E-state index in [-0.39, 0.29) is 17.5 Å². The molecule has 1 saturated carbocycles. The van der Waals surface area contributed by atoms with E-state index in [1.165, 1.54) is 6.07 Å². The van der Waals surface area contributed by atoms with Crippen LogP contribution in [0.4, 0.5) is 10.1 Å². The maximum absolute atomic E-state index is 14.5. The number of hydrogen-bond donors (Lipinski definition) is 2. The number of nitrogens with zero attached hydrogens (tertiary/aromatic N) is 4. The van der Waals surface area contributed by atoms with Gasteiger partial charge in [0.05, 0.1) is 35.5 Å². The van der Waals surface area contributed by atoms with Gasteiger partial charge in [0, 0.05) is 23.8 Å². The Bertz CT molecular complexity index is 1160. The lowest BCUT2D eigenvalue weighted by Gasteiger charge is -2.30. The lowest BCUT2D eigenvalue weighted by atomic mass is 9.99. The van der Waals surface area contributed by atoms with Crippen LogP contribution in [0.5, 0.6) is 0 Å². The van der Waals surface area contributed by atoms with Gasteiger partial charge >= 0.3 is 0 Å². The molecule has 1 aromatic carbocycles. The van der Waals surface area contributed by atoms with Crippen molar-refractivity contribution in [2.24, 2.45) is 0 Å². The molecule has 7 nitrogen and oxygen atoms in total. The molecule has 0 unspecified atom stereocenters. The van der Waals surface area contributed by atoms with Crippen molar-refractivity contribution in [3.8, 4) is 16.8 Å². The van der Waals surface area contributed by atoms with Crippen molar-refractivity contribution in [3.05, 3.63) is 59.9 Å². The van der Waals surface area contributed by atoms with Crippen molar-refractivity contribution in [1.29, 1.82) is 0 Å². The molecule has 1 aliphatic carbocycles. The van der Waals surface area contributed by atoms with E-state index in [1.807, 2.05) is 25.4 Å². The zero-order chi connectivity index (χ0) is 22.9. The van der Waals surface area contributed by atoms with Crippen LogP contribution >= 0.6 is 0 Å². The molecular formula is C25H29FN6O. The number of nitrogens with one attached hydrogen (secondary N) is 2. The standard InChI is InChI=1S/C25H29FN6O/c1-16-9-24(26)23(25(33)30-18-3-4-18)11-22(16)17-12-28-32(15-17)21-10-20(13-27-14-21)29-19-5-7-31(2)8-6-19/h9-15,18-19,29H,3-8H2,1-2H3,(H,30,33). The SMILES string of the molecule is Cc1cc(F)c(C(=O)NC2CC2)cc1-c1cnn(-c2cncc(NC3CCN(C)CC3)c2)c1. The van der Waals surface area contributed by atoms with Gasteiger partial charge in [-0.3, -0.25) is 9.78 Å². The van der Waals surface area contributed by atoms with Gasteiger partial charge in [-0.25, -0.2) is 9.07 Å². The molecule has 8 heteroatoms. The van der Waals surface area contributed by atoms with Gasteiger partial charge in [0.1, 0.15) is 5.82 Å². The van der Waals surface area contributed by atoms with Crippen molar-refractivity contribution >= 4 is 11.6 Å². The van der Waals surface area contributed by atoms with Gasteiger partial charge in [-0.1, -0.05) is 0 Å². The predicted molar refractivity (Wildman–Crippen MR) is 126 cm³/mol. The van der Waals surface area contributed by atoms with Crippen molar-refractivity contribution in [2.45, 2.75) is 44.7 Å². The monoisotopic (exact) mass is 448 g/mol. The second kappa shape index (κ2) is 8.94. The summed E-state index contributed by atoms with van der Waals surface area (Å²) in [7, 11) is 2.15. The molecule has 1 saturated heterocycles. The molecule has 2 aromatic heterocycles. The maximum atomic E-state index is 14.5. The van der Waals surface area contributed by atoms with Crippen LogP contribution < -0.4 is 10.6 Å². The second-order valence-corrected chi connectivity index (χ2v) is 9.22. The summed E-state index contributed by atoms with van der Waals surface area (Å²) >= 11 is 0. The minimum atomic E-state index is -0.501. The Balaban J connectivity index is 1.36. The fourth-order valence-corrected chi connectivity index (χ4v) is 4.27.